The van der Waals surface area contributed by atoms with Crippen LogP contribution in [-0.4, -0.2) is 45.2 Å². The predicted molar refractivity (Wildman–Crippen MR) is 105 cm³/mol. The lowest BCUT2D eigenvalue weighted by Crippen LogP contribution is -2.37. The monoisotopic (exact) mass is 370 g/mol. The lowest BCUT2D eigenvalue weighted by Gasteiger charge is -2.33. The van der Waals surface area contributed by atoms with Crippen LogP contribution in [0.5, 0.6) is 0 Å². The van der Waals surface area contributed by atoms with Gasteiger partial charge in [0.1, 0.15) is 22.6 Å². The van der Waals surface area contributed by atoms with E-state index in [0.29, 0.717) is 0 Å². The molecule has 0 spiro atoms. The third-order valence-corrected chi connectivity index (χ3v) is 5.78. The van der Waals surface area contributed by atoms with Crippen LogP contribution in [0, 0.1) is 12.8 Å². The van der Waals surface area contributed by atoms with Crippen molar-refractivity contribution in [2.45, 2.75) is 32.9 Å². The summed E-state index contributed by atoms with van der Waals surface area (Å²) in [4.78, 5) is 4.95. The molecule has 0 amide bonds. The zero-order chi connectivity index (χ0) is 17.9. The van der Waals surface area contributed by atoms with Gasteiger partial charge in [-0.15, -0.1) is 0 Å². The van der Waals surface area contributed by atoms with Crippen molar-refractivity contribution in [2.24, 2.45) is 5.92 Å². The van der Waals surface area contributed by atoms with Crippen molar-refractivity contribution >= 4 is 22.8 Å². The number of nitrogens with zero attached hydrogens (tertiary/aromatic N) is 4. The van der Waals surface area contributed by atoms with Crippen molar-refractivity contribution in [3.8, 4) is 0 Å². The third kappa shape index (κ3) is 4.31. The number of furan rings is 1. The fourth-order valence-electron chi connectivity index (χ4n) is 3.86. The normalized spacial score (nSPS) is 16.7. The average molecular weight is 371 g/mol. The number of fused-ring (bicyclic) bond motifs is 1. The molecule has 4 rings (SSSR count). The van der Waals surface area contributed by atoms with E-state index in [-0.39, 0.29) is 0 Å². The van der Waals surface area contributed by atoms with E-state index in [1.807, 2.05) is 6.92 Å². The van der Waals surface area contributed by atoms with E-state index in [9.17, 15) is 0 Å². The van der Waals surface area contributed by atoms with E-state index >= 15 is 0 Å². The van der Waals surface area contributed by atoms with Crippen LogP contribution in [0.4, 0.5) is 0 Å². The predicted octanol–water partition coefficient (Wildman–Crippen LogP) is 3.94. The van der Waals surface area contributed by atoms with Crippen LogP contribution in [0.25, 0.3) is 11.0 Å². The highest BCUT2D eigenvalue weighted by Gasteiger charge is 2.21. The van der Waals surface area contributed by atoms with Crippen LogP contribution in [0.1, 0.15) is 29.9 Å². The summed E-state index contributed by atoms with van der Waals surface area (Å²) in [6.07, 6.45) is 2.53. The Labute approximate surface area is 158 Å². The minimum atomic E-state index is 0.777. The summed E-state index contributed by atoms with van der Waals surface area (Å²) < 4.78 is 14.3. The SMILES string of the molecule is Cc1ccc(CN2CCC(CN(C)Cc3ccc4nsnc4c3)CC2)o1. The lowest BCUT2D eigenvalue weighted by atomic mass is 9.96. The highest BCUT2D eigenvalue weighted by Crippen LogP contribution is 2.21. The van der Waals surface area contributed by atoms with Gasteiger partial charge >= 0.3 is 0 Å². The molecule has 5 nitrogen and oxygen atoms in total. The average Bonchev–Trinajstić information content (AvgIpc) is 3.25. The van der Waals surface area contributed by atoms with Gasteiger partial charge < -0.3 is 9.32 Å². The fraction of sp³-hybridized carbons (Fsp3) is 0.500. The summed E-state index contributed by atoms with van der Waals surface area (Å²) in [5.74, 6) is 2.87. The summed E-state index contributed by atoms with van der Waals surface area (Å²) in [6.45, 7) is 7.40. The van der Waals surface area contributed by atoms with Crippen molar-refractivity contribution in [3.63, 3.8) is 0 Å². The first-order chi connectivity index (χ1) is 12.7. The molecule has 138 valence electrons. The molecule has 1 aliphatic rings. The highest BCUT2D eigenvalue weighted by molar-refractivity contribution is 7.00. The molecule has 6 heteroatoms. The second-order valence-corrected chi connectivity index (χ2v) is 8.04. The molecule has 0 N–H and O–H groups in total. The minimum absolute atomic E-state index is 0.777. The van der Waals surface area contributed by atoms with E-state index < -0.39 is 0 Å². The standard InChI is InChI=1S/C20H26N4OS/c1-15-3-5-18(25-15)14-24-9-7-16(8-10-24)12-23(2)13-17-4-6-19-20(11-17)22-26-21-19/h3-6,11,16H,7-10,12-14H2,1-2H3. The summed E-state index contributed by atoms with van der Waals surface area (Å²) in [5, 5.41) is 0. The maximum absolute atomic E-state index is 5.71. The number of hydrogen-bond donors (Lipinski definition) is 0. The van der Waals surface area contributed by atoms with Crippen LogP contribution in [-0.2, 0) is 13.1 Å². The van der Waals surface area contributed by atoms with Crippen molar-refractivity contribution in [1.82, 2.24) is 18.5 Å². The van der Waals surface area contributed by atoms with E-state index in [1.165, 1.54) is 30.1 Å². The number of likely N-dealkylation sites (tertiary alicyclic amines) is 1. The molecule has 3 heterocycles. The van der Waals surface area contributed by atoms with Crippen LogP contribution < -0.4 is 0 Å². The molecule has 0 atom stereocenters. The second-order valence-electron chi connectivity index (χ2n) is 7.52. The topological polar surface area (TPSA) is 45.4 Å². The van der Waals surface area contributed by atoms with E-state index in [1.54, 1.807) is 0 Å². The van der Waals surface area contributed by atoms with Gasteiger partial charge in [-0.05, 0) is 75.6 Å². The van der Waals surface area contributed by atoms with Gasteiger partial charge in [0.15, 0.2) is 0 Å². The van der Waals surface area contributed by atoms with E-state index in [0.717, 1.165) is 61.2 Å². The molecule has 0 aliphatic carbocycles. The van der Waals surface area contributed by atoms with Gasteiger partial charge in [-0.1, -0.05) is 6.07 Å². The van der Waals surface area contributed by atoms with Crippen molar-refractivity contribution in [3.05, 3.63) is 47.4 Å². The Kier molecular flexibility index (Phi) is 5.33. The molecule has 1 fully saturated rings. The number of hydrogen-bond acceptors (Lipinski definition) is 6. The fourth-order valence-corrected chi connectivity index (χ4v) is 4.38. The first-order valence-corrected chi connectivity index (χ1v) is 10.1. The van der Waals surface area contributed by atoms with Gasteiger partial charge in [0.05, 0.1) is 18.3 Å². The maximum atomic E-state index is 5.71. The zero-order valence-electron chi connectivity index (χ0n) is 15.5. The molecule has 0 radical (unpaired) electrons. The molecule has 1 aliphatic heterocycles. The number of aryl methyl sites for hydroxylation is 1. The molecular weight excluding hydrogens is 344 g/mol. The molecule has 2 aromatic heterocycles. The second kappa shape index (κ2) is 7.86. The van der Waals surface area contributed by atoms with Gasteiger partial charge in [0, 0.05) is 13.1 Å². The Bertz CT molecular complexity index is 850. The van der Waals surface area contributed by atoms with Crippen molar-refractivity contribution in [2.75, 3.05) is 26.7 Å². The van der Waals surface area contributed by atoms with Crippen LogP contribution in [0.2, 0.25) is 0 Å². The van der Waals surface area contributed by atoms with Gasteiger partial charge in [-0.3, -0.25) is 4.90 Å². The van der Waals surface area contributed by atoms with Crippen LogP contribution >= 0.6 is 11.7 Å². The van der Waals surface area contributed by atoms with Crippen molar-refractivity contribution < 1.29 is 4.42 Å². The Morgan fingerprint density at radius 1 is 1.15 bits per heavy atom. The molecule has 0 unspecified atom stereocenters. The first-order valence-electron chi connectivity index (χ1n) is 9.33. The van der Waals surface area contributed by atoms with Gasteiger partial charge in [0.25, 0.3) is 0 Å². The molecule has 1 saturated heterocycles. The molecule has 3 aromatic rings. The molecule has 26 heavy (non-hydrogen) atoms. The molecule has 1 aromatic carbocycles. The van der Waals surface area contributed by atoms with E-state index in [2.05, 4.69) is 55.9 Å². The zero-order valence-corrected chi connectivity index (χ0v) is 16.3. The highest BCUT2D eigenvalue weighted by atomic mass is 32.1. The quantitative estimate of drug-likeness (QED) is 0.658. The summed E-state index contributed by atoms with van der Waals surface area (Å²) in [6, 6.07) is 10.6. The number of rotatable bonds is 6. The van der Waals surface area contributed by atoms with Gasteiger partial charge in [-0.2, -0.15) is 8.75 Å². The molecule has 0 saturated carbocycles. The Morgan fingerprint density at radius 3 is 2.73 bits per heavy atom. The van der Waals surface area contributed by atoms with Crippen molar-refractivity contribution in [1.29, 1.82) is 0 Å². The van der Waals surface area contributed by atoms with Crippen LogP contribution in [0.3, 0.4) is 0 Å². The maximum Gasteiger partial charge on any atom is 0.118 e. The third-order valence-electron chi connectivity index (χ3n) is 5.22. The number of aromatic nitrogens is 2. The van der Waals surface area contributed by atoms with Gasteiger partial charge in [0.2, 0.25) is 0 Å². The minimum Gasteiger partial charge on any atom is -0.465 e. The smallest absolute Gasteiger partial charge is 0.118 e. The number of piperidine rings is 1. The molecule has 0 bridgehead atoms. The van der Waals surface area contributed by atoms with Crippen LogP contribution in [0.15, 0.2) is 34.7 Å². The Hall–Kier alpha value is -1.76. The van der Waals surface area contributed by atoms with Gasteiger partial charge in [-0.25, -0.2) is 0 Å². The summed E-state index contributed by atoms with van der Waals surface area (Å²) in [7, 11) is 2.22. The largest absolute Gasteiger partial charge is 0.465 e. The first kappa shape index (κ1) is 17.6. The van der Waals surface area contributed by atoms with E-state index in [4.69, 9.17) is 4.42 Å². The summed E-state index contributed by atoms with van der Waals surface area (Å²) in [5.41, 5.74) is 3.33. The Balaban J connectivity index is 1.24. The Morgan fingerprint density at radius 2 is 1.96 bits per heavy atom. The molecular formula is C20H26N4OS. The lowest BCUT2D eigenvalue weighted by molar-refractivity contribution is 0.140. The summed E-state index contributed by atoms with van der Waals surface area (Å²) >= 11 is 1.29. The number of benzene rings is 1.